The molecule has 10 heteroatoms. The molecule has 0 aliphatic rings. The number of carbonyl (C=O) groups excluding carboxylic acids is 1. The van der Waals surface area contributed by atoms with Gasteiger partial charge in [0.05, 0.1) is 19.1 Å². The highest BCUT2D eigenvalue weighted by molar-refractivity contribution is 6.28. The molecule has 3 aromatic rings. The number of hydrogen-bond donors (Lipinski definition) is 2. The molecule has 0 amide bonds. The molecular formula is C25H30ClN5O4. The number of anilines is 3. The van der Waals surface area contributed by atoms with Crippen LogP contribution in [-0.2, 0) is 16.0 Å². The molecule has 9 nitrogen and oxygen atoms in total. The van der Waals surface area contributed by atoms with Gasteiger partial charge < -0.3 is 24.8 Å². The van der Waals surface area contributed by atoms with Gasteiger partial charge in [0, 0.05) is 12.7 Å². The Morgan fingerprint density at radius 3 is 2.46 bits per heavy atom. The zero-order chi connectivity index (χ0) is 25.2. The summed E-state index contributed by atoms with van der Waals surface area (Å²) in [5.74, 6) is 1.29. The lowest BCUT2D eigenvalue weighted by Gasteiger charge is -2.18. The Bertz CT molecular complexity index is 1100. The van der Waals surface area contributed by atoms with Gasteiger partial charge in [-0.25, -0.2) is 0 Å². The van der Waals surface area contributed by atoms with Gasteiger partial charge in [0.25, 0.3) is 0 Å². The molecule has 0 aliphatic carbocycles. The second kappa shape index (κ2) is 12.8. The topological polar surface area (TPSA) is 110 Å². The number of halogens is 1. The van der Waals surface area contributed by atoms with E-state index in [4.69, 9.17) is 21.1 Å². The van der Waals surface area contributed by atoms with E-state index < -0.39 is 0 Å². The summed E-state index contributed by atoms with van der Waals surface area (Å²) in [6.45, 7) is 5.12. The highest BCUT2D eigenvalue weighted by Crippen LogP contribution is 2.20. The zero-order valence-electron chi connectivity index (χ0n) is 20.1. The van der Waals surface area contributed by atoms with E-state index in [9.17, 15) is 9.90 Å². The van der Waals surface area contributed by atoms with Crippen LogP contribution in [0.4, 0.5) is 17.6 Å². The fourth-order valence-electron chi connectivity index (χ4n) is 3.30. The van der Waals surface area contributed by atoms with Crippen molar-refractivity contribution in [3.05, 3.63) is 59.4 Å². The predicted molar refractivity (Wildman–Crippen MR) is 136 cm³/mol. The smallest absolute Gasteiger partial charge is 0.309 e. The van der Waals surface area contributed by atoms with E-state index in [1.54, 1.807) is 24.3 Å². The molecule has 0 saturated carbocycles. The average Bonchev–Trinajstić information content (AvgIpc) is 2.84. The SMILES string of the molecule is CCOC(=O)C(CC)Cc1ccc(OCCN(C)c2nc(Cl)nc(Nc3ccc(O)cc3)n2)cc1. The van der Waals surface area contributed by atoms with Crippen molar-refractivity contribution in [2.75, 3.05) is 37.0 Å². The van der Waals surface area contributed by atoms with E-state index in [0.717, 1.165) is 17.7 Å². The van der Waals surface area contributed by atoms with Gasteiger partial charge in [-0.3, -0.25) is 4.79 Å². The van der Waals surface area contributed by atoms with Gasteiger partial charge in [-0.1, -0.05) is 19.1 Å². The minimum Gasteiger partial charge on any atom is -0.508 e. The number of likely N-dealkylation sites (N-methyl/N-ethyl adjacent to an activating group) is 1. The second-order valence-electron chi connectivity index (χ2n) is 7.88. The van der Waals surface area contributed by atoms with Gasteiger partial charge in [-0.15, -0.1) is 0 Å². The molecule has 0 radical (unpaired) electrons. The van der Waals surface area contributed by atoms with Crippen molar-refractivity contribution in [1.29, 1.82) is 0 Å². The molecule has 0 fully saturated rings. The zero-order valence-corrected chi connectivity index (χ0v) is 20.8. The summed E-state index contributed by atoms with van der Waals surface area (Å²) in [5, 5.41) is 12.5. The molecule has 0 spiro atoms. The number of esters is 1. The highest BCUT2D eigenvalue weighted by atomic mass is 35.5. The van der Waals surface area contributed by atoms with E-state index in [-0.39, 0.29) is 22.9 Å². The molecule has 35 heavy (non-hydrogen) atoms. The Hall–Kier alpha value is -3.59. The molecule has 1 atom stereocenters. The average molecular weight is 500 g/mol. The van der Waals surface area contributed by atoms with E-state index in [2.05, 4.69) is 20.3 Å². The highest BCUT2D eigenvalue weighted by Gasteiger charge is 2.18. The van der Waals surface area contributed by atoms with Gasteiger partial charge in [0.1, 0.15) is 18.1 Å². The van der Waals surface area contributed by atoms with E-state index in [0.29, 0.717) is 43.8 Å². The van der Waals surface area contributed by atoms with Gasteiger partial charge in [-0.2, -0.15) is 15.0 Å². The third-order valence-corrected chi connectivity index (χ3v) is 5.44. The largest absolute Gasteiger partial charge is 0.508 e. The summed E-state index contributed by atoms with van der Waals surface area (Å²) >= 11 is 6.08. The Kier molecular flexibility index (Phi) is 9.48. The Morgan fingerprint density at radius 2 is 1.80 bits per heavy atom. The molecule has 1 aromatic heterocycles. The minimum atomic E-state index is -0.154. The van der Waals surface area contributed by atoms with Crippen LogP contribution < -0.4 is 15.0 Å². The lowest BCUT2D eigenvalue weighted by atomic mass is 9.97. The molecule has 1 heterocycles. The van der Waals surface area contributed by atoms with Crippen molar-refractivity contribution >= 4 is 35.2 Å². The van der Waals surface area contributed by atoms with E-state index in [1.807, 2.05) is 50.1 Å². The van der Waals surface area contributed by atoms with Crippen molar-refractivity contribution in [2.24, 2.45) is 5.92 Å². The van der Waals surface area contributed by atoms with Gasteiger partial charge in [-0.05, 0) is 73.3 Å². The van der Waals surface area contributed by atoms with Crippen LogP contribution in [0, 0.1) is 5.92 Å². The van der Waals surface area contributed by atoms with Crippen LogP contribution in [0.15, 0.2) is 48.5 Å². The number of phenols is 1. The van der Waals surface area contributed by atoms with Gasteiger partial charge in [0.15, 0.2) is 0 Å². The standard InChI is InChI=1S/C25H30ClN5O4/c1-4-18(22(33)34-5-2)16-17-6-12-21(13-7-17)35-15-14-31(3)25-29-23(26)28-24(30-25)27-19-8-10-20(32)11-9-19/h6-13,18,32H,4-5,14-16H2,1-3H3,(H,27,28,29,30). The number of hydrogen-bond acceptors (Lipinski definition) is 9. The molecule has 0 aliphatic heterocycles. The third kappa shape index (κ3) is 7.99. The first-order chi connectivity index (χ1) is 16.9. The van der Waals surface area contributed by atoms with Crippen molar-refractivity contribution in [1.82, 2.24) is 15.0 Å². The van der Waals surface area contributed by atoms with Crippen LogP contribution in [0.2, 0.25) is 5.28 Å². The summed E-state index contributed by atoms with van der Waals surface area (Å²) in [5.41, 5.74) is 1.76. The Morgan fingerprint density at radius 1 is 1.09 bits per heavy atom. The molecule has 186 valence electrons. The van der Waals surface area contributed by atoms with Crippen molar-refractivity contribution < 1.29 is 19.4 Å². The van der Waals surface area contributed by atoms with E-state index >= 15 is 0 Å². The lowest BCUT2D eigenvalue weighted by molar-refractivity contribution is -0.148. The van der Waals surface area contributed by atoms with Gasteiger partial charge in [0.2, 0.25) is 17.2 Å². The van der Waals surface area contributed by atoms with Crippen LogP contribution >= 0.6 is 11.6 Å². The number of aromatic nitrogens is 3. The number of carbonyl (C=O) groups is 1. The lowest BCUT2D eigenvalue weighted by Crippen LogP contribution is -2.26. The molecule has 2 aromatic carbocycles. The van der Waals surface area contributed by atoms with Crippen LogP contribution in [0.25, 0.3) is 0 Å². The molecule has 1 unspecified atom stereocenters. The maximum absolute atomic E-state index is 12.0. The molecule has 2 N–H and O–H groups in total. The number of benzene rings is 2. The number of nitrogens with one attached hydrogen (secondary N) is 1. The van der Waals surface area contributed by atoms with E-state index in [1.165, 1.54) is 0 Å². The van der Waals surface area contributed by atoms with Crippen molar-refractivity contribution in [2.45, 2.75) is 26.7 Å². The number of phenolic OH excluding ortho intramolecular Hbond substituents is 1. The Labute approximate surface area is 210 Å². The van der Waals surface area contributed by atoms with Gasteiger partial charge >= 0.3 is 5.97 Å². The number of rotatable bonds is 12. The van der Waals surface area contributed by atoms with Crippen LogP contribution in [-0.4, -0.2) is 52.8 Å². The van der Waals surface area contributed by atoms with Crippen molar-refractivity contribution in [3.8, 4) is 11.5 Å². The van der Waals surface area contributed by atoms with Crippen LogP contribution in [0.1, 0.15) is 25.8 Å². The normalized spacial score (nSPS) is 11.5. The predicted octanol–water partition coefficient (Wildman–Crippen LogP) is 4.62. The first-order valence-corrected chi connectivity index (χ1v) is 11.8. The summed E-state index contributed by atoms with van der Waals surface area (Å²) in [4.78, 5) is 26.5. The third-order valence-electron chi connectivity index (χ3n) is 5.27. The second-order valence-corrected chi connectivity index (χ2v) is 8.21. The van der Waals surface area contributed by atoms with Crippen LogP contribution in [0.3, 0.4) is 0 Å². The number of ether oxygens (including phenoxy) is 2. The summed E-state index contributed by atoms with van der Waals surface area (Å²) < 4.78 is 11.0. The first kappa shape index (κ1) is 26.0. The molecular weight excluding hydrogens is 470 g/mol. The molecule has 0 saturated heterocycles. The minimum absolute atomic E-state index is 0.0628. The first-order valence-electron chi connectivity index (χ1n) is 11.4. The van der Waals surface area contributed by atoms with Crippen LogP contribution in [0.5, 0.6) is 11.5 Å². The maximum atomic E-state index is 12.0. The Balaban J connectivity index is 1.52. The quantitative estimate of drug-likeness (QED) is 0.272. The number of aromatic hydroxyl groups is 1. The monoisotopic (exact) mass is 499 g/mol. The summed E-state index contributed by atoms with van der Waals surface area (Å²) in [6, 6.07) is 14.2. The molecule has 3 rings (SSSR count). The summed E-state index contributed by atoms with van der Waals surface area (Å²) in [7, 11) is 1.84. The fraction of sp³-hybridized carbons (Fsp3) is 0.360. The summed E-state index contributed by atoms with van der Waals surface area (Å²) in [6.07, 6.45) is 1.37. The molecule has 0 bridgehead atoms. The fourth-order valence-corrected chi connectivity index (χ4v) is 3.46. The van der Waals surface area contributed by atoms with Crippen molar-refractivity contribution in [3.63, 3.8) is 0 Å². The number of nitrogens with zero attached hydrogens (tertiary/aromatic N) is 4. The maximum Gasteiger partial charge on any atom is 0.309 e.